The van der Waals surface area contributed by atoms with E-state index in [1.165, 1.54) is 16.2 Å². The van der Waals surface area contributed by atoms with Crippen molar-refractivity contribution in [3.63, 3.8) is 0 Å². The van der Waals surface area contributed by atoms with Crippen molar-refractivity contribution in [1.29, 1.82) is 0 Å². The van der Waals surface area contributed by atoms with Gasteiger partial charge in [0, 0.05) is 23.7 Å². The van der Waals surface area contributed by atoms with E-state index in [4.69, 9.17) is 4.42 Å². The minimum absolute atomic E-state index is 0.186. The maximum absolute atomic E-state index is 12.8. The topological polar surface area (TPSA) is 105 Å². The average molecular weight is 443 g/mol. The van der Waals surface area contributed by atoms with Gasteiger partial charge >= 0.3 is 0 Å². The molecule has 0 saturated carbocycles. The summed E-state index contributed by atoms with van der Waals surface area (Å²) in [6, 6.07) is 18.3. The zero-order valence-electron chi connectivity index (χ0n) is 17.0. The van der Waals surface area contributed by atoms with Crippen LogP contribution in [-0.4, -0.2) is 38.0 Å². The van der Waals surface area contributed by atoms with E-state index in [9.17, 15) is 9.59 Å². The predicted octanol–water partition coefficient (Wildman–Crippen LogP) is 3.97. The zero-order valence-corrected chi connectivity index (χ0v) is 17.8. The maximum Gasteiger partial charge on any atom is 0.268 e. The molecular weight excluding hydrogens is 426 g/mol. The second-order valence-electron chi connectivity index (χ2n) is 7.16. The number of carbonyl (C=O) groups excluding carboxylic acids is 1. The number of amides is 1. The Morgan fingerprint density at radius 3 is 2.41 bits per heavy atom. The van der Waals surface area contributed by atoms with Crippen molar-refractivity contribution in [3.8, 4) is 22.9 Å². The molecule has 0 fully saturated rings. The lowest BCUT2D eigenvalue weighted by Crippen LogP contribution is -2.28. The molecule has 5 rings (SSSR count). The predicted molar refractivity (Wildman–Crippen MR) is 121 cm³/mol. The van der Waals surface area contributed by atoms with Crippen LogP contribution in [0.5, 0.6) is 0 Å². The number of rotatable bonds is 5. The van der Waals surface area contributed by atoms with Crippen molar-refractivity contribution in [2.45, 2.75) is 6.54 Å². The number of nitrogens with one attached hydrogen (secondary N) is 1. The van der Waals surface area contributed by atoms with Crippen LogP contribution in [-0.2, 0) is 6.54 Å². The lowest BCUT2D eigenvalue weighted by Gasteiger charge is -2.16. The molecular formula is C23H17N5O3S. The van der Waals surface area contributed by atoms with Gasteiger partial charge < -0.3 is 14.3 Å². The number of benzene rings is 2. The summed E-state index contributed by atoms with van der Waals surface area (Å²) in [5.41, 5.74) is 2.49. The van der Waals surface area contributed by atoms with E-state index in [0.717, 1.165) is 5.56 Å². The first-order valence-electron chi connectivity index (χ1n) is 9.80. The van der Waals surface area contributed by atoms with Gasteiger partial charge in [-0.3, -0.25) is 9.59 Å². The van der Waals surface area contributed by atoms with Gasteiger partial charge in [-0.05, 0) is 47.8 Å². The quantitative estimate of drug-likeness (QED) is 0.441. The molecule has 1 amide bonds. The fraction of sp³-hybridized carbons (Fsp3) is 0.0870. The number of H-pyrrole nitrogens is 1. The molecule has 0 unspecified atom stereocenters. The highest BCUT2D eigenvalue weighted by Crippen LogP contribution is 2.24. The molecule has 5 aromatic rings. The molecule has 9 heteroatoms. The van der Waals surface area contributed by atoms with Gasteiger partial charge in [0.1, 0.15) is 10.5 Å². The minimum Gasteiger partial charge on any atom is -0.416 e. The fourth-order valence-electron chi connectivity index (χ4n) is 3.31. The highest BCUT2D eigenvalue weighted by Gasteiger charge is 2.16. The van der Waals surface area contributed by atoms with Crippen molar-refractivity contribution in [1.82, 2.24) is 25.1 Å². The monoisotopic (exact) mass is 443 g/mol. The first kappa shape index (κ1) is 19.8. The second kappa shape index (κ2) is 8.20. The summed E-state index contributed by atoms with van der Waals surface area (Å²) in [6.07, 6.45) is 0. The molecule has 0 spiro atoms. The largest absolute Gasteiger partial charge is 0.416 e. The van der Waals surface area contributed by atoms with Crippen molar-refractivity contribution < 1.29 is 9.21 Å². The molecule has 0 aliphatic carbocycles. The molecule has 3 heterocycles. The van der Waals surface area contributed by atoms with E-state index in [2.05, 4.69) is 20.2 Å². The van der Waals surface area contributed by atoms with Crippen molar-refractivity contribution in [3.05, 3.63) is 87.8 Å². The Labute approximate surface area is 186 Å². The third-order valence-corrected chi connectivity index (χ3v) is 5.82. The van der Waals surface area contributed by atoms with Crippen LogP contribution in [0.1, 0.15) is 16.2 Å². The van der Waals surface area contributed by atoms with Crippen LogP contribution in [0.25, 0.3) is 33.1 Å². The van der Waals surface area contributed by atoms with E-state index in [1.54, 1.807) is 37.4 Å². The van der Waals surface area contributed by atoms with Crippen LogP contribution in [0.15, 0.2) is 75.3 Å². The molecule has 32 heavy (non-hydrogen) atoms. The van der Waals surface area contributed by atoms with Crippen LogP contribution in [0.4, 0.5) is 0 Å². The Morgan fingerprint density at radius 2 is 1.69 bits per heavy atom. The second-order valence-corrected chi connectivity index (χ2v) is 8.08. The molecule has 0 bridgehead atoms. The van der Waals surface area contributed by atoms with Gasteiger partial charge in [-0.1, -0.05) is 18.2 Å². The van der Waals surface area contributed by atoms with Crippen LogP contribution >= 0.6 is 11.3 Å². The highest BCUT2D eigenvalue weighted by atomic mass is 32.1. The Bertz CT molecular complexity index is 1450. The number of hydrogen-bond donors (Lipinski definition) is 1. The highest BCUT2D eigenvalue weighted by molar-refractivity contribution is 7.17. The summed E-state index contributed by atoms with van der Waals surface area (Å²) in [7, 11) is 1.66. The Morgan fingerprint density at radius 1 is 1.00 bits per heavy atom. The lowest BCUT2D eigenvalue weighted by molar-refractivity contribution is 0.0781. The van der Waals surface area contributed by atoms with Crippen LogP contribution in [0.2, 0.25) is 0 Å². The Kier molecular flexibility index (Phi) is 5.08. The Balaban J connectivity index is 1.31. The van der Waals surface area contributed by atoms with Crippen LogP contribution in [0, 0.1) is 0 Å². The van der Waals surface area contributed by atoms with Gasteiger partial charge in [-0.25, -0.2) is 4.98 Å². The van der Waals surface area contributed by atoms with E-state index in [1.807, 2.05) is 35.7 Å². The molecule has 0 aliphatic rings. The average Bonchev–Trinajstić information content (AvgIpc) is 3.49. The van der Waals surface area contributed by atoms with E-state index >= 15 is 0 Å². The van der Waals surface area contributed by atoms with E-state index in [0.29, 0.717) is 38.9 Å². The number of nitrogens with zero attached hydrogens (tertiary/aromatic N) is 4. The SMILES string of the molecule is CN(Cc1nc2ccsc2c(=O)[nH]1)C(=O)c1ccc(-c2nnc(-c3ccccc3)o2)cc1. The molecule has 0 saturated heterocycles. The number of aromatic amines is 1. The van der Waals surface area contributed by atoms with Gasteiger partial charge in [0.15, 0.2) is 0 Å². The number of fused-ring (bicyclic) bond motifs is 1. The third kappa shape index (κ3) is 3.81. The number of aromatic nitrogens is 4. The molecule has 0 atom stereocenters. The number of carbonyl (C=O) groups is 1. The first-order chi connectivity index (χ1) is 15.6. The molecule has 1 N–H and O–H groups in total. The van der Waals surface area contributed by atoms with Crippen LogP contribution in [0.3, 0.4) is 0 Å². The summed E-state index contributed by atoms with van der Waals surface area (Å²) < 4.78 is 6.34. The maximum atomic E-state index is 12.8. The van der Waals surface area contributed by atoms with Gasteiger partial charge in [0.05, 0.1) is 12.1 Å². The molecule has 8 nitrogen and oxygen atoms in total. The standard InChI is InChI=1S/C23H17N5O3S/c1-28(13-18-24-17-11-12-32-19(17)20(29)25-18)23(30)16-9-7-15(8-10-16)22-27-26-21(31-22)14-5-3-2-4-6-14/h2-12H,13H2,1H3,(H,24,25,29). The third-order valence-electron chi connectivity index (χ3n) is 4.92. The van der Waals surface area contributed by atoms with Crippen molar-refractivity contribution in [2.24, 2.45) is 0 Å². The van der Waals surface area contributed by atoms with Gasteiger partial charge in [-0.15, -0.1) is 21.5 Å². The van der Waals surface area contributed by atoms with Crippen molar-refractivity contribution in [2.75, 3.05) is 7.05 Å². The van der Waals surface area contributed by atoms with Gasteiger partial charge in [-0.2, -0.15) is 0 Å². The lowest BCUT2D eigenvalue weighted by atomic mass is 10.1. The number of thiophene rings is 1. The van der Waals surface area contributed by atoms with Crippen LogP contribution < -0.4 is 5.56 Å². The Hall–Kier alpha value is -4.11. The first-order valence-corrected chi connectivity index (χ1v) is 10.7. The zero-order chi connectivity index (χ0) is 22.1. The molecule has 2 aromatic carbocycles. The molecule has 0 radical (unpaired) electrons. The van der Waals surface area contributed by atoms with E-state index in [-0.39, 0.29) is 18.0 Å². The summed E-state index contributed by atoms with van der Waals surface area (Å²) in [6.45, 7) is 0.186. The summed E-state index contributed by atoms with van der Waals surface area (Å²) >= 11 is 1.34. The fourth-order valence-corrected chi connectivity index (χ4v) is 4.03. The molecule has 0 aliphatic heterocycles. The summed E-state index contributed by atoms with van der Waals surface area (Å²) in [5.74, 6) is 1.06. The minimum atomic E-state index is -0.195. The molecule has 158 valence electrons. The molecule has 3 aromatic heterocycles. The van der Waals surface area contributed by atoms with Gasteiger partial charge in [0.25, 0.3) is 11.5 Å². The van der Waals surface area contributed by atoms with E-state index < -0.39 is 0 Å². The van der Waals surface area contributed by atoms with Crippen molar-refractivity contribution >= 4 is 27.5 Å². The number of hydrogen-bond acceptors (Lipinski definition) is 7. The smallest absolute Gasteiger partial charge is 0.268 e. The summed E-state index contributed by atoms with van der Waals surface area (Å²) in [5, 5.41) is 10.0. The summed E-state index contributed by atoms with van der Waals surface area (Å²) in [4.78, 5) is 33.7. The van der Waals surface area contributed by atoms with Gasteiger partial charge in [0.2, 0.25) is 11.8 Å². The normalized spacial score (nSPS) is 11.0.